The monoisotopic (exact) mass is 384 g/mol. The van der Waals surface area contributed by atoms with Gasteiger partial charge < -0.3 is 15.0 Å². The molecule has 2 amide bonds. The molecule has 0 bridgehead atoms. The molecular formula is C17H28N4O4S. The molecule has 1 saturated heterocycles. The van der Waals surface area contributed by atoms with Gasteiger partial charge in [-0.1, -0.05) is 12.1 Å². The minimum atomic E-state index is -3.67. The zero-order valence-corrected chi connectivity index (χ0v) is 16.0. The highest BCUT2D eigenvalue weighted by atomic mass is 32.2. The molecule has 0 aromatic heterocycles. The largest absolute Gasteiger partial charge is 0.385 e. The molecule has 0 saturated carbocycles. The zero-order chi connectivity index (χ0) is 19.0. The van der Waals surface area contributed by atoms with Crippen molar-refractivity contribution in [2.45, 2.75) is 17.7 Å². The van der Waals surface area contributed by atoms with Crippen LogP contribution in [0, 0.1) is 0 Å². The van der Waals surface area contributed by atoms with Crippen molar-refractivity contribution in [2.24, 2.45) is 5.14 Å². The van der Waals surface area contributed by atoms with Crippen molar-refractivity contribution >= 4 is 16.1 Å². The molecule has 0 spiro atoms. The van der Waals surface area contributed by atoms with E-state index in [-0.39, 0.29) is 10.9 Å². The van der Waals surface area contributed by atoms with Crippen LogP contribution >= 0.6 is 0 Å². The Balaban J connectivity index is 1.68. The van der Waals surface area contributed by atoms with Gasteiger partial charge in [-0.05, 0) is 30.5 Å². The van der Waals surface area contributed by atoms with Crippen LogP contribution < -0.4 is 10.5 Å². The van der Waals surface area contributed by atoms with Crippen LogP contribution in [0.25, 0.3) is 0 Å². The van der Waals surface area contributed by atoms with Crippen molar-refractivity contribution < 1.29 is 17.9 Å². The molecule has 1 heterocycles. The van der Waals surface area contributed by atoms with Gasteiger partial charge in [-0.2, -0.15) is 0 Å². The smallest absolute Gasteiger partial charge is 0.317 e. The predicted molar refractivity (Wildman–Crippen MR) is 99.4 cm³/mol. The molecule has 2 rings (SSSR count). The molecule has 1 aromatic rings. The quantitative estimate of drug-likeness (QED) is 0.625. The van der Waals surface area contributed by atoms with Gasteiger partial charge in [0.15, 0.2) is 0 Å². The van der Waals surface area contributed by atoms with E-state index in [0.717, 1.165) is 51.3 Å². The molecule has 0 unspecified atom stereocenters. The van der Waals surface area contributed by atoms with Crippen molar-refractivity contribution in [3.05, 3.63) is 29.8 Å². The van der Waals surface area contributed by atoms with Gasteiger partial charge in [0, 0.05) is 53.0 Å². The van der Waals surface area contributed by atoms with Crippen LogP contribution in [-0.4, -0.2) is 77.2 Å². The van der Waals surface area contributed by atoms with Gasteiger partial charge in [-0.25, -0.2) is 18.4 Å². The van der Waals surface area contributed by atoms with E-state index in [9.17, 15) is 13.2 Å². The molecule has 8 nitrogen and oxygen atoms in total. The first kappa shape index (κ1) is 20.6. The number of carbonyl (C=O) groups is 1. The number of ether oxygens (including phenoxy) is 1. The first-order valence-corrected chi connectivity index (χ1v) is 10.3. The number of methoxy groups -OCH3 is 1. The number of hydrogen-bond donors (Lipinski definition) is 2. The summed E-state index contributed by atoms with van der Waals surface area (Å²) in [5.74, 6) is 0. The van der Waals surface area contributed by atoms with Gasteiger partial charge in [-0.15, -0.1) is 0 Å². The summed E-state index contributed by atoms with van der Waals surface area (Å²) in [6.07, 6.45) is 1.64. The van der Waals surface area contributed by atoms with Crippen LogP contribution in [0.5, 0.6) is 0 Å². The van der Waals surface area contributed by atoms with Gasteiger partial charge in [0.2, 0.25) is 10.0 Å². The van der Waals surface area contributed by atoms with Crippen molar-refractivity contribution in [3.63, 3.8) is 0 Å². The summed E-state index contributed by atoms with van der Waals surface area (Å²) in [6, 6.07) is 6.34. The number of benzene rings is 1. The second kappa shape index (κ2) is 9.86. The summed E-state index contributed by atoms with van der Waals surface area (Å²) in [5.41, 5.74) is 0.945. The third-order valence-corrected chi connectivity index (χ3v) is 5.35. The van der Waals surface area contributed by atoms with E-state index in [2.05, 4.69) is 10.2 Å². The van der Waals surface area contributed by atoms with Crippen LogP contribution in [0.15, 0.2) is 29.2 Å². The number of nitrogens with one attached hydrogen (secondary N) is 1. The fourth-order valence-corrected chi connectivity index (χ4v) is 3.39. The van der Waals surface area contributed by atoms with Crippen LogP contribution in [0.1, 0.15) is 12.0 Å². The normalized spacial score (nSPS) is 15.8. The highest BCUT2D eigenvalue weighted by Gasteiger charge is 2.20. The Kier molecular flexibility index (Phi) is 7.83. The molecule has 3 N–H and O–H groups in total. The number of amides is 2. The SMILES string of the molecule is COCCCN1CCN(C(=O)NCCc2ccc(S(N)(=O)=O)cc2)CC1. The van der Waals surface area contributed by atoms with E-state index >= 15 is 0 Å². The zero-order valence-electron chi connectivity index (χ0n) is 15.2. The number of hydrogen-bond acceptors (Lipinski definition) is 5. The number of nitrogens with two attached hydrogens (primary N) is 1. The first-order valence-electron chi connectivity index (χ1n) is 8.76. The molecule has 1 aliphatic heterocycles. The number of sulfonamides is 1. The maximum absolute atomic E-state index is 12.2. The Labute approximate surface area is 155 Å². The van der Waals surface area contributed by atoms with Gasteiger partial charge in [0.25, 0.3) is 0 Å². The van der Waals surface area contributed by atoms with Gasteiger partial charge >= 0.3 is 6.03 Å². The minimum Gasteiger partial charge on any atom is -0.385 e. The van der Waals surface area contributed by atoms with Gasteiger partial charge in [0.05, 0.1) is 4.90 Å². The average molecular weight is 385 g/mol. The molecule has 0 aliphatic carbocycles. The van der Waals surface area contributed by atoms with E-state index in [1.807, 2.05) is 4.90 Å². The van der Waals surface area contributed by atoms with E-state index in [0.29, 0.717) is 13.0 Å². The van der Waals surface area contributed by atoms with Crippen molar-refractivity contribution in [3.8, 4) is 0 Å². The summed E-state index contributed by atoms with van der Waals surface area (Å²) < 4.78 is 27.5. The molecular weight excluding hydrogens is 356 g/mol. The minimum absolute atomic E-state index is 0.0531. The summed E-state index contributed by atoms with van der Waals surface area (Å²) >= 11 is 0. The Morgan fingerprint density at radius 3 is 2.42 bits per heavy atom. The summed E-state index contributed by atoms with van der Waals surface area (Å²) in [4.78, 5) is 16.5. The third-order valence-electron chi connectivity index (χ3n) is 4.42. The second-order valence-electron chi connectivity index (χ2n) is 6.35. The van der Waals surface area contributed by atoms with Crippen LogP contribution in [-0.2, 0) is 21.2 Å². The summed E-state index contributed by atoms with van der Waals surface area (Å²) in [7, 11) is -1.96. The average Bonchev–Trinajstić information content (AvgIpc) is 2.62. The van der Waals surface area contributed by atoms with Crippen molar-refractivity contribution in [1.82, 2.24) is 15.1 Å². The Morgan fingerprint density at radius 1 is 1.19 bits per heavy atom. The second-order valence-corrected chi connectivity index (χ2v) is 7.91. The van der Waals surface area contributed by atoms with Crippen molar-refractivity contribution in [2.75, 3.05) is 53.0 Å². The lowest BCUT2D eigenvalue weighted by molar-refractivity contribution is 0.125. The lowest BCUT2D eigenvalue weighted by Crippen LogP contribution is -2.52. The molecule has 0 atom stereocenters. The summed E-state index contributed by atoms with van der Waals surface area (Å²) in [5, 5.41) is 7.99. The van der Waals surface area contributed by atoms with Crippen LogP contribution in [0.2, 0.25) is 0 Å². The molecule has 0 radical (unpaired) electrons. The van der Waals surface area contributed by atoms with E-state index in [1.54, 1.807) is 19.2 Å². The molecule has 146 valence electrons. The molecule has 26 heavy (non-hydrogen) atoms. The van der Waals surface area contributed by atoms with E-state index in [1.165, 1.54) is 12.1 Å². The molecule has 9 heteroatoms. The fourth-order valence-electron chi connectivity index (χ4n) is 2.88. The van der Waals surface area contributed by atoms with Gasteiger partial charge in [-0.3, -0.25) is 4.90 Å². The summed E-state index contributed by atoms with van der Waals surface area (Å²) in [6.45, 7) is 5.47. The van der Waals surface area contributed by atoms with Gasteiger partial charge in [0.1, 0.15) is 0 Å². The standard InChI is InChI=1S/C17H28N4O4S/c1-25-14-2-9-20-10-12-21(13-11-20)17(22)19-8-7-15-3-5-16(6-4-15)26(18,23)24/h3-6H,2,7-14H2,1H3,(H,19,22)(H2,18,23,24). The fraction of sp³-hybridized carbons (Fsp3) is 0.588. The highest BCUT2D eigenvalue weighted by Crippen LogP contribution is 2.09. The van der Waals surface area contributed by atoms with E-state index < -0.39 is 10.0 Å². The number of nitrogens with zero attached hydrogens (tertiary/aromatic N) is 2. The number of piperazine rings is 1. The topological polar surface area (TPSA) is 105 Å². The van der Waals surface area contributed by atoms with Crippen molar-refractivity contribution in [1.29, 1.82) is 0 Å². The molecule has 1 aromatic carbocycles. The Morgan fingerprint density at radius 2 is 1.85 bits per heavy atom. The highest BCUT2D eigenvalue weighted by molar-refractivity contribution is 7.89. The third kappa shape index (κ3) is 6.56. The van der Waals surface area contributed by atoms with E-state index in [4.69, 9.17) is 9.88 Å². The molecule has 1 fully saturated rings. The number of carbonyl (C=O) groups excluding carboxylic acids is 1. The number of rotatable bonds is 8. The predicted octanol–water partition coefficient (Wildman–Crippen LogP) is 0.240. The first-order chi connectivity index (χ1) is 12.4. The Hall–Kier alpha value is -1.68. The maximum Gasteiger partial charge on any atom is 0.317 e. The molecule has 1 aliphatic rings. The van der Waals surface area contributed by atoms with Crippen LogP contribution in [0.3, 0.4) is 0 Å². The lowest BCUT2D eigenvalue weighted by Gasteiger charge is -2.34. The number of primary sulfonamides is 1. The number of urea groups is 1. The Bertz CT molecular complexity index is 671. The van der Waals surface area contributed by atoms with Crippen LogP contribution in [0.4, 0.5) is 4.79 Å². The maximum atomic E-state index is 12.2. The lowest BCUT2D eigenvalue weighted by atomic mass is 10.1.